The Kier molecular flexibility index (Phi) is 6.89. The molecular weight excluding hydrogens is 406 g/mol. The van der Waals surface area contributed by atoms with Crippen molar-refractivity contribution in [1.29, 1.82) is 0 Å². The highest BCUT2D eigenvalue weighted by Gasteiger charge is 2.26. The number of hydrogen-bond donors (Lipinski definition) is 2. The highest BCUT2D eigenvalue weighted by molar-refractivity contribution is 7.89. The monoisotopic (exact) mass is 433 g/mol. The first-order valence-electron chi connectivity index (χ1n) is 9.64. The van der Waals surface area contributed by atoms with Crippen LogP contribution in [0.5, 0.6) is 0 Å². The Labute approximate surface area is 176 Å². The summed E-state index contributed by atoms with van der Waals surface area (Å²) >= 11 is 1.27. The normalized spacial score (nSPS) is 13.4. The van der Waals surface area contributed by atoms with Crippen LogP contribution >= 0.6 is 11.3 Å². The van der Waals surface area contributed by atoms with Crippen molar-refractivity contribution in [3.63, 3.8) is 0 Å². The fourth-order valence-electron chi connectivity index (χ4n) is 3.23. The Balaban J connectivity index is 1.76. The Morgan fingerprint density at radius 2 is 1.90 bits per heavy atom. The Hall–Kier alpha value is -2.00. The molecule has 0 spiro atoms. The lowest BCUT2D eigenvalue weighted by molar-refractivity contribution is 0.154. The smallest absolute Gasteiger partial charge is 0.243 e. The molecule has 1 unspecified atom stereocenters. The highest BCUT2D eigenvalue weighted by atomic mass is 32.2. The number of nitrogen functional groups attached to an aromatic ring is 1. The van der Waals surface area contributed by atoms with Crippen molar-refractivity contribution in [1.82, 2.24) is 9.29 Å². The topological polar surface area (TPSA) is 96.5 Å². The Bertz CT molecular complexity index is 1050. The first-order valence-corrected chi connectivity index (χ1v) is 11.9. The lowest BCUT2D eigenvalue weighted by atomic mass is 10.1. The van der Waals surface area contributed by atoms with Gasteiger partial charge in [-0.05, 0) is 42.5 Å². The summed E-state index contributed by atoms with van der Waals surface area (Å²) in [7, 11) is -3.69. The van der Waals surface area contributed by atoms with Gasteiger partial charge in [-0.3, -0.25) is 0 Å². The number of fused-ring (bicyclic) bond motifs is 1. The van der Waals surface area contributed by atoms with Crippen LogP contribution in [-0.2, 0) is 16.4 Å². The quantitative estimate of drug-likeness (QED) is 0.538. The van der Waals surface area contributed by atoms with Crippen molar-refractivity contribution in [3.05, 3.63) is 54.1 Å². The van der Waals surface area contributed by atoms with Gasteiger partial charge in [0.1, 0.15) is 0 Å². The predicted molar refractivity (Wildman–Crippen MR) is 118 cm³/mol. The van der Waals surface area contributed by atoms with Gasteiger partial charge in [-0.1, -0.05) is 55.5 Å². The molecular formula is C21H27N3O3S2. The van der Waals surface area contributed by atoms with Crippen LogP contribution in [0.25, 0.3) is 10.2 Å². The maximum atomic E-state index is 13.3. The number of sulfonamides is 1. The van der Waals surface area contributed by atoms with Crippen LogP contribution in [0.4, 0.5) is 5.13 Å². The average Bonchev–Trinajstić information content (AvgIpc) is 3.04. The molecule has 3 rings (SSSR count). The number of nitrogens with zero attached hydrogens (tertiary/aromatic N) is 2. The minimum Gasteiger partial charge on any atom is -0.393 e. The molecule has 0 amide bonds. The number of aromatic nitrogens is 1. The van der Waals surface area contributed by atoms with Gasteiger partial charge in [0.15, 0.2) is 5.13 Å². The fourth-order valence-corrected chi connectivity index (χ4v) is 5.72. The van der Waals surface area contributed by atoms with Gasteiger partial charge in [0.2, 0.25) is 10.0 Å². The van der Waals surface area contributed by atoms with Crippen molar-refractivity contribution in [3.8, 4) is 0 Å². The summed E-state index contributed by atoms with van der Waals surface area (Å²) in [4.78, 5) is 4.41. The molecule has 6 nitrogen and oxygen atoms in total. The van der Waals surface area contributed by atoms with Crippen LogP contribution in [-0.4, -0.2) is 42.0 Å². The molecule has 3 N–H and O–H groups in total. The number of thiazole rings is 1. The van der Waals surface area contributed by atoms with Gasteiger partial charge in [0.25, 0.3) is 0 Å². The minimum atomic E-state index is -3.69. The van der Waals surface area contributed by atoms with E-state index >= 15 is 0 Å². The van der Waals surface area contributed by atoms with Gasteiger partial charge >= 0.3 is 0 Å². The largest absolute Gasteiger partial charge is 0.393 e. The lowest BCUT2D eigenvalue weighted by Gasteiger charge is -2.25. The Morgan fingerprint density at radius 3 is 2.59 bits per heavy atom. The molecule has 3 aromatic rings. The van der Waals surface area contributed by atoms with Gasteiger partial charge in [0.05, 0.1) is 21.2 Å². The zero-order chi connectivity index (χ0) is 21.0. The average molecular weight is 434 g/mol. The van der Waals surface area contributed by atoms with E-state index in [2.05, 4.69) is 4.98 Å². The highest BCUT2D eigenvalue weighted by Crippen LogP contribution is 2.28. The van der Waals surface area contributed by atoms with Gasteiger partial charge < -0.3 is 10.8 Å². The number of nitrogens with two attached hydrogens (primary N) is 1. The van der Waals surface area contributed by atoms with E-state index in [1.807, 2.05) is 44.2 Å². The summed E-state index contributed by atoms with van der Waals surface area (Å²) in [6.45, 7) is 4.62. The number of benzene rings is 2. The molecule has 2 aromatic carbocycles. The van der Waals surface area contributed by atoms with E-state index < -0.39 is 16.1 Å². The summed E-state index contributed by atoms with van der Waals surface area (Å²) in [6, 6.07) is 14.6. The van der Waals surface area contributed by atoms with Crippen LogP contribution in [0, 0.1) is 5.92 Å². The second kappa shape index (κ2) is 9.21. The maximum absolute atomic E-state index is 13.3. The third-order valence-corrected chi connectivity index (χ3v) is 7.32. The summed E-state index contributed by atoms with van der Waals surface area (Å²) < 4.78 is 28.8. The third-order valence-electron chi connectivity index (χ3n) is 4.61. The molecule has 0 aliphatic carbocycles. The van der Waals surface area contributed by atoms with Gasteiger partial charge in [-0.25, -0.2) is 13.4 Å². The van der Waals surface area contributed by atoms with E-state index in [1.165, 1.54) is 15.6 Å². The molecule has 0 saturated carbocycles. The SMILES string of the molecule is CC(C)CN(CCC(O)Cc1ccccc1)S(=O)(=O)c1ccc2nc(N)sc2c1. The maximum Gasteiger partial charge on any atom is 0.243 e. The molecule has 0 radical (unpaired) electrons. The molecule has 0 fully saturated rings. The summed E-state index contributed by atoms with van der Waals surface area (Å²) in [5, 5.41) is 10.8. The van der Waals surface area contributed by atoms with Crippen molar-refractivity contribution >= 4 is 36.7 Å². The molecule has 1 aromatic heterocycles. The van der Waals surface area contributed by atoms with Gasteiger partial charge in [-0.2, -0.15) is 4.31 Å². The number of anilines is 1. The zero-order valence-corrected chi connectivity index (χ0v) is 18.3. The zero-order valence-electron chi connectivity index (χ0n) is 16.7. The van der Waals surface area contributed by atoms with Crippen molar-refractivity contribution in [2.45, 2.75) is 37.7 Å². The van der Waals surface area contributed by atoms with Crippen LogP contribution in [0.2, 0.25) is 0 Å². The number of hydrogen-bond acceptors (Lipinski definition) is 6. The predicted octanol–water partition coefficient (Wildman–Crippen LogP) is 3.52. The van der Waals surface area contributed by atoms with Crippen LogP contribution < -0.4 is 5.73 Å². The molecule has 29 heavy (non-hydrogen) atoms. The summed E-state index contributed by atoms with van der Waals surface area (Å²) in [5.41, 5.74) is 7.47. The van der Waals surface area contributed by atoms with E-state index in [0.717, 1.165) is 10.3 Å². The molecule has 0 saturated heterocycles. The number of rotatable bonds is 9. The van der Waals surface area contributed by atoms with Crippen molar-refractivity contribution in [2.24, 2.45) is 5.92 Å². The standard InChI is InChI=1S/C21H27N3O3S2/c1-15(2)14-24(11-10-17(25)12-16-6-4-3-5-7-16)29(26,27)18-8-9-19-20(13-18)28-21(22)23-19/h3-9,13,15,17,25H,10-12,14H2,1-2H3,(H2,22,23). The molecule has 0 bridgehead atoms. The van der Waals surface area contributed by atoms with Crippen molar-refractivity contribution < 1.29 is 13.5 Å². The number of aliphatic hydroxyl groups excluding tert-OH is 1. The molecule has 0 aliphatic heterocycles. The molecule has 1 heterocycles. The number of aliphatic hydroxyl groups is 1. The van der Waals surface area contributed by atoms with E-state index in [0.29, 0.717) is 30.0 Å². The second-order valence-electron chi connectivity index (χ2n) is 7.57. The lowest BCUT2D eigenvalue weighted by Crippen LogP contribution is -2.36. The Morgan fingerprint density at radius 1 is 1.17 bits per heavy atom. The summed E-state index contributed by atoms with van der Waals surface area (Å²) in [6.07, 6.45) is 0.269. The first-order chi connectivity index (χ1) is 13.8. The van der Waals surface area contributed by atoms with Crippen LogP contribution in [0.1, 0.15) is 25.8 Å². The van der Waals surface area contributed by atoms with Crippen LogP contribution in [0.15, 0.2) is 53.4 Å². The molecule has 156 valence electrons. The molecule has 0 aliphatic rings. The second-order valence-corrected chi connectivity index (χ2v) is 10.6. The van der Waals surface area contributed by atoms with Crippen LogP contribution in [0.3, 0.4) is 0 Å². The van der Waals surface area contributed by atoms with E-state index in [1.54, 1.807) is 18.2 Å². The van der Waals surface area contributed by atoms with Gasteiger partial charge in [-0.15, -0.1) is 0 Å². The molecule has 8 heteroatoms. The van der Waals surface area contributed by atoms with Gasteiger partial charge in [0, 0.05) is 13.1 Å². The first kappa shape index (κ1) is 21.7. The van der Waals surface area contributed by atoms with E-state index in [9.17, 15) is 13.5 Å². The molecule has 1 atom stereocenters. The van der Waals surface area contributed by atoms with E-state index in [-0.39, 0.29) is 17.4 Å². The summed E-state index contributed by atoms with van der Waals surface area (Å²) in [5.74, 6) is 0.166. The minimum absolute atomic E-state index is 0.166. The van der Waals surface area contributed by atoms with Crippen molar-refractivity contribution in [2.75, 3.05) is 18.8 Å². The fraction of sp³-hybridized carbons (Fsp3) is 0.381. The van der Waals surface area contributed by atoms with E-state index in [4.69, 9.17) is 5.73 Å². The third kappa shape index (κ3) is 5.54.